The number of hydrogen-bond acceptors (Lipinski definition) is 5. The first-order chi connectivity index (χ1) is 15.8. The van der Waals surface area contributed by atoms with E-state index in [9.17, 15) is 14.4 Å². The quantitative estimate of drug-likeness (QED) is 0.671. The van der Waals surface area contributed by atoms with Gasteiger partial charge in [0.05, 0.1) is 5.56 Å². The Kier molecular flexibility index (Phi) is 6.95. The van der Waals surface area contributed by atoms with Crippen molar-refractivity contribution in [2.75, 3.05) is 18.4 Å². The van der Waals surface area contributed by atoms with Gasteiger partial charge >= 0.3 is 5.97 Å². The highest BCUT2D eigenvalue weighted by molar-refractivity contribution is 6.31. The van der Waals surface area contributed by atoms with E-state index >= 15 is 0 Å². The van der Waals surface area contributed by atoms with Gasteiger partial charge in [-0.15, -0.1) is 0 Å². The summed E-state index contributed by atoms with van der Waals surface area (Å²) in [5.41, 5.74) is 2.31. The Morgan fingerprint density at radius 3 is 2.64 bits per heavy atom. The van der Waals surface area contributed by atoms with Gasteiger partial charge in [0.25, 0.3) is 0 Å². The summed E-state index contributed by atoms with van der Waals surface area (Å²) in [6.07, 6.45) is 3.73. The van der Waals surface area contributed by atoms with Gasteiger partial charge in [-0.05, 0) is 55.5 Å². The maximum atomic E-state index is 12.9. The topological polar surface area (TPSA) is 103 Å². The molecule has 2 fully saturated rings. The Morgan fingerprint density at radius 1 is 1.18 bits per heavy atom. The van der Waals surface area contributed by atoms with Gasteiger partial charge in [-0.3, -0.25) is 14.5 Å². The first kappa shape index (κ1) is 23.2. The second kappa shape index (κ2) is 9.89. The normalized spacial score (nSPS) is 19.6. The highest BCUT2D eigenvalue weighted by Gasteiger charge is 2.41. The van der Waals surface area contributed by atoms with Crippen molar-refractivity contribution in [2.45, 2.75) is 51.2 Å². The van der Waals surface area contributed by atoms with E-state index in [1.165, 1.54) is 23.9 Å². The standard InChI is InChI=1S/C24H27ClN4O4/c1-15-12-16(2-3-19(15)25)14-28-10-7-18(8-11-28)29-20(4-5-22(29)30)23(31)27-21-13-17(24(32)33)6-9-26-21/h2-3,6,9,12-13,18,20H,4-5,7-8,10-11,14H2,1H3,(H,32,33)(H,26,27,31)/t20-/m1/s1. The summed E-state index contributed by atoms with van der Waals surface area (Å²) in [5.74, 6) is -1.25. The summed E-state index contributed by atoms with van der Waals surface area (Å²) in [6.45, 7) is 4.50. The number of hydrogen-bond donors (Lipinski definition) is 2. The van der Waals surface area contributed by atoms with Crippen molar-refractivity contribution >= 4 is 35.2 Å². The number of halogens is 1. The molecular weight excluding hydrogens is 444 g/mol. The van der Waals surface area contributed by atoms with Crippen molar-refractivity contribution in [2.24, 2.45) is 0 Å². The van der Waals surface area contributed by atoms with Crippen molar-refractivity contribution in [1.29, 1.82) is 0 Å². The van der Waals surface area contributed by atoms with Gasteiger partial charge in [-0.1, -0.05) is 23.7 Å². The number of amides is 2. The van der Waals surface area contributed by atoms with Gasteiger partial charge in [0, 0.05) is 43.3 Å². The van der Waals surface area contributed by atoms with Crippen molar-refractivity contribution in [3.63, 3.8) is 0 Å². The largest absolute Gasteiger partial charge is 0.478 e. The Morgan fingerprint density at radius 2 is 1.94 bits per heavy atom. The van der Waals surface area contributed by atoms with Crippen molar-refractivity contribution in [3.8, 4) is 0 Å². The zero-order valence-electron chi connectivity index (χ0n) is 18.5. The van der Waals surface area contributed by atoms with Crippen molar-refractivity contribution in [3.05, 3.63) is 58.2 Å². The molecule has 0 unspecified atom stereocenters. The molecule has 2 aliphatic heterocycles. The van der Waals surface area contributed by atoms with Crippen LogP contribution in [-0.4, -0.2) is 62.8 Å². The van der Waals surface area contributed by atoms with E-state index in [0.29, 0.717) is 12.8 Å². The predicted molar refractivity (Wildman–Crippen MR) is 124 cm³/mol. The molecule has 33 heavy (non-hydrogen) atoms. The maximum Gasteiger partial charge on any atom is 0.335 e. The number of carbonyl (C=O) groups is 3. The summed E-state index contributed by atoms with van der Waals surface area (Å²) in [7, 11) is 0. The SMILES string of the molecule is Cc1cc(CN2CCC(N3C(=O)CC[C@@H]3C(=O)Nc3cc(C(=O)O)ccn3)CC2)ccc1Cl. The highest BCUT2D eigenvalue weighted by Crippen LogP contribution is 2.29. The molecule has 2 aliphatic rings. The fourth-order valence-electron chi connectivity index (χ4n) is 4.68. The fraction of sp³-hybridized carbons (Fsp3) is 0.417. The summed E-state index contributed by atoms with van der Waals surface area (Å²) >= 11 is 6.13. The zero-order chi connectivity index (χ0) is 23.5. The minimum atomic E-state index is -1.09. The lowest BCUT2D eigenvalue weighted by Crippen LogP contribution is -2.51. The predicted octanol–water partition coefficient (Wildman–Crippen LogP) is 3.34. The number of carbonyl (C=O) groups excluding carboxylic acids is 2. The number of carboxylic acids is 1. The van der Waals surface area contributed by atoms with Gasteiger partial charge in [0.1, 0.15) is 11.9 Å². The van der Waals surface area contributed by atoms with Crippen LogP contribution in [0.4, 0.5) is 5.82 Å². The van der Waals surface area contributed by atoms with Crippen LogP contribution < -0.4 is 5.32 Å². The molecule has 1 atom stereocenters. The van der Waals surface area contributed by atoms with Crippen LogP contribution in [0.5, 0.6) is 0 Å². The van der Waals surface area contributed by atoms with Crippen LogP contribution in [0.15, 0.2) is 36.5 Å². The number of piperidine rings is 1. The van der Waals surface area contributed by atoms with Gasteiger partial charge in [0.15, 0.2) is 0 Å². The minimum absolute atomic E-state index is 0.00540. The number of carboxylic acid groups (broad SMARTS) is 1. The number of aryl methyl sites for hydroxylation is 1. The summed E-state index contributed by atoms with van der Waals surface area (Å²) in [5, 5.41) is 12.6. The number of nitrogens with zero attached hydrogens (tertiary/aromatic N) is 3. The number of benzene rings is 1. The molecule has 0 saturated carbocycles. The lowest BCUT2D eigenvalue weighted by molar-refractivity contribution is -0.136. The lowest BCUT2D eigenvalue weighted by Gasteiger charge is -2.39. The van der Waals surface area contributed by atoms with E-state index in [-0.39, 0.29) is 29.2 Å². The monoisotopic (exact) mass is 470 g/mol. The van der Waals surface area contributed by atoms with E-state index in [1.54, 1.807) is 4.90 Å². The second-order valence-electron chi connectivity index (χ2n) is 8.67. The maximum absolute atomic E-state index is 12.9. The molecule has 2 N–H and O–H groups in total. The van der Waals surface area contributed by atoms with E-state index < -0.39 is 12.0 Å². The number of nitrogens with one attached hydrogen (secondary N) is 1. The zero-order valence-corrected chi connectivity index (χ0v) is 19.2. The summed E-state index contributed by atoms with van der Waals surface area (Å²) in [6, 6.07) is 8.19. The molecule has 9 heteroatoms. The third-order valence-corrected chi connectivity index (χ3v) is 6.82. The summed E-state index contributed by atoms with van der Waals surface area (Å²) < 4.78 is 0. The molecule has 0 aliphatic carbocycles. The van der Waals surface area contributed by atoms with Crippen LogP contribution in [0.2, 0.25) is 5.02 Å². The van der Waals surface area contributed by atoms with Crippen LogP contribution in [0, 0.1) is 6.92 Å². The molecule has 1 aromatic carbocycles. The van der Waals surface area contributed by atoms with Crippen LogP contribution in [0.3, 0.4) is 0 Å². The molecule has 2 aromatic rings. The Hall–Kier alpha value is -2.97. The van der Waals surface area contributed by atoms with Gasteiger partial charge in [-0.2, -0.15) is 0 Å². The van der Waals surface area contributed by atoms with E-state index in [2.05, 4.69) is 21.3 Å². The van der Waals surface area contributed by atoms with E-state index in [1.807, 2.05) is 19.1 Å². The highest BCUT2D eigenvalue weighted by atomic mass is 35.5. The lowest BCUT2D eigenvalue weighted by atomic mass is 10.0. The van der Waals surface area contributed by atoms with Gasteiger partial charge < -0.3 is 15.3 Å². The molecule has 2 amide bonds. The first-order valence-corrected chi connectivity index (χ1v) is 11.5. The van der Waals surface area contributed by atoms with Crippen LogP contribution >= 0.6 is 11.6 Å². The van der Waals surface area contributed by atoms with E-state index in [0.717, 1.165) is 43.1 Å². The number of pyridine rings is 1. The van der Waals surface area contributed by atoms with Gasteiger partial charge in [-0.25, -0.2) is 9.78 Å². The number of likely N-dealkylation sites (tertiary alicyclic amines) is 2. The minimum Gasteiger partial charge on any atom is -0.478 e. The van der Waals surface area contributed by atoms with Crippen LogP contribution in [-0.2, 0) is 16.1 Å². The molecular formula is C24H27ClN4O4. The molecule has 174 valence electrons. The average molecular weight is 471 g/mol. The molecule has 1 aromatic heterocycles. The van der Waals surface area contributed by atoms with E-state index in [4.69, 9.17) is 16.7 Å². The molecule has 8 nitrogen and oxygen atoms in total. The Bertz CT molecular complexity index is 1070. The van der Waals surface area contributed by atoms with Crippen molar-refractivity contribution < 1.29 is 19.5 Å². The molecule has 4 rings (SSSR count). The molecule has 0 spiro atoms. The number of aromatic carboxylic acids is 1. The fourth-order valence-corrected chi connectivity index (χ4v) is 4.80. The second-order valence-corrected chi connectivity index (χ2v) is 9.08. The molecule has 0 radical (unpaired) electrons. The third-order valence-electron chi connectivity index (χ3n) is 6.40. The average Bonchev–Trinajstić information content (AvgIpc) is 3.18. The Balaban J connectivity index is 1.37. The van der Waals surface area contributed by atoms with Gasteiger partial charge in [0.2, 0.25) is 11.8 Å². The third kappa shape index (κ3) is 5.34. The Labute approximate surface area is 197 Å². The first-order valence-electron chi connectivity index (χ1n) is 11.1. The number of rotatable bonds is 6. The van der Waals surface area contributed by atoms with Crippen LogP contribution in [0.1, 0.15) is 47.2 Å². The molecule has 3 heterocycles. The summed E-state index contributed by atoms with van der Waals surface area (Å²) in [4.78, 5) is 44.9. The smallest absolute Gasteiger partial charge is 0.335 e. The van der Waals surface area contributed by atoms with Crippen molar-refractivity contribution in [1.82, 2.24) is 14.8 Å². The van der Waals surface area contributed by atoms with Crippen LogP contribution in [0.25, 0.3) is 0 Å². The molecule has 2 saturated heterocycles. The number of anilines is 1. The molecule has 0 bridgehead atoms. The number of aromatic nitrogens is 1.